The number of fused-ring (bicyclic) bond motifs is 9. The second-order valence-electron chi connectivity index (χ2n) is 8.59. The molecule has 4 saturated carbocycles. The molecule has 4 fully saturated rings. The van der Waals surface area contributed by atoms with E-state index in [-0.39, 0.29) is 5.60 Å². The lowest BCUT2D eigenvalue weighted by atomic mass is 9.65. The highest BCUT2D eigenvalue weighted by molar-refractivity contribution is 5.48. The highest BCUT2D eigenvalue weighted by atomic mass is 16.5. The summed E-state index contributed by atoms with van der Waals surface area (Å²) in [6, 6.07) is 8.52. The molecule has 7 atom stereocenters. The number of hydrogen-bond donors (Lipinski definition) is 0. The van der Waals surface area contributed by atoms with Crippen LogP contribution in [0, 0.1) is 35.5 Å². The van der Waals surface area contributed by atoms with Gasteiger partial charge in [-0.05, 0) is 85.8 Å². The first kappa shape index (κ1) is 14.1. The molecule has 0 saturated heterocycles. The van der Waals surface area contributed by atoms with Crippen molar-refractivity contribution >= 4 is 6.08 Å². The molecule has 5 rings (SSSR count). The Hall–Kier alpha value is -1.24. The van der Waals surface area contributed by atoms with Gasteiger partial charge in [-0.15, -0.1) is 0 Å². The maximum atomic E-state index is 6.73. The minimum atomic E-state index is 0.117. The highest BCUT2D eigenvalue weighted by Crippen LogP contribution is 2.70. The van der Waals surface area contributed by atoms with E-state index in [0.717, 1.165) is 47.7 Å². The number of hydrogen-bond acceptors (Lipinski definition) is 1. The van der Waals surface area contributed by atoms with E-state index in [4.69, 9.17) is 4.74 Å². The van der Waals surface area contributed by atoms with E-state index < -0.39 is 0 Å². The average Bonchev–Trinajstić information content (AvgIpc) is 3.34. The first-order chi connectivity index (χ1) is 11.2. The van der Waals surface area contributed by atoms with E-state index in [1.165, 1.54) is 37.7 Å². The zero-order valence-electron chi connectivity index (χ0n) is 14.2. The van der Waals surface area contributed by atoms with Gasteiger partial charge in [0, 0.05) is 5.92 Å². The molecule has 23 heavy (non-hydrogen) atoms. The van der Waals surface area contributed by atoms with E-state index >= 15 is 0 Å². The molecule has 0 radical (unpaired) electrons. The van der Waals surface area contributed by atoms with Crippen molar-refractivity contribution < 1.29 is 4.74 Å². The molecule has 0 spiro atoms. The van der Waals surface area contributed by atoms with Gasteiger partial charge in [0.25, 0.3) is 0 Å². The molecule has 0 amide bonds. The summed E-state index contributed by atoms with van der Waals surface area (Å²) in [5.74, 6) is 6.97. The lowest BCUT2D eigenvalue weighted by Gasteiger charge is -2.46. The van der Waals surface area contributed by atoms with Crippen LogP contribution in [0.25, 0.3) is 6.08 Å². The minimum absolute atomic E-state index is 0.117. The van der Waals surface area contributed by atoms with Crippen LogP contribution in [0.3, 0.4) is 0 Å². The van der Waals surface area contributed by atoms with Crippen LogP contribution in [-0.4, -0.2) is 5.60 Å². The van der Waals surface area contributed by atoms with Crippen molar-refractivity contribution in [2.24, 2.45) is 35.5 Å². The van der Waals surface area contributed by atoms with Crippen molar-refractivity contribution in [3.8, 4) is 5.75 Å². The van der Waals surface area contributed by atoms with Gasteiger partial charge in [0.15, 0.2) is 0 Å². The zero-order valence-corrected chi connectivity index (χ0v) is 14.2. The average molecular weight is 308 g/mol. The van der Waals surface area contributed by atoms with Crippen molar-refractivity contribution in [1.82, 2.24) is 0 Å². The summed E-state index contributed by atoms with van der Waals surface area (Å²) in [6.07, 6.45) is 10.4. The monoisotopic (exact) mass is 308 g/mol. The first-order valence-corrected chi connectivity index (χ1v) is 9.65. The third-order valence-corrected chi connectivity index (χ3v) is 7.93. The van der Waals surface area contributed by atoms with E-state index in [1.807, 2.05) is 6.08 Å². The van der Waals surface area contributed by atoms with Crippen molar-refractivity contribution in [2.45, 2.75) is 51.0 Å². The Morgan fingerprint density at radius 1 is 1.09 bits per heavy atom. The quantitative estimate of drug-likeness (QED) is 0.662. The standard InChI is InChI=1S/C22H28O/c1-3-14-5-9-18(10-6-14)23-22(4-2)13-17-12-19(22)21-16-8-7-15(11-16)20(17)21/h3,5-6,9-10,15-17,19-21H,1,4,7-8,11-13H2,2H3. The third kappa shape index (κ3) is 1.85. The molecular formula is C22H28O. The normalized spacial score (nSPS) is 46.1. The van der Waals surface area contributed by atoms with Gasteiger partial charge in [0.05, 0.1) is 0 Å². The SMILES string of the molecule is C=Cc1ccc(OC2(CC)CC3CC2C2C4CCC(C4)C32)cc1. The van der Waals surface area contributed by atoms with E-state index in [2.05, 4.69) is 37.8 Å². The van der Waals surface area contributed by atoms with Crippen LogP contribution < -0.4 is 4.74 Å². The third-order valence-electron chi connectivity index (χ3n) is 7.93. The summed E-state index contributed by atoms with van der Waals surface area (Å²) < 4.78 is 6.73. The Labute approximate surface area is 140 Å². The van der Waals surface area contributed by atoms with Crippen LogP contribution in [0.5, 0.6) is 5.75 Å². The summed E-state index contributed by atoms with van der Waals surface area (Å²) in [4.78, 5) is 0. The summed E-state index contributed by atoms with van der Waals surface area (Å²) in [7, 11) is 0. The van der Waals surface area contributed by atoms with E-state index in [1.54, 1.807) is 0 Å². The second-order valence-corrected chi connectivity index (χ2v) is 8.59. The molecule has 122 valence electrons. The number of benzene rings is 1. The Morgan fingerprint density at radius 2 is 1.83 bits per heavy atom. The smallest absolute Gasteiger partial charge is 0.120 e. The zero-order chi connectivity index (χ0) is 15.6. The molecule has 4 aliphatic carbocycles. The topological polar surface area (TPSA) is 9.23 Å². The van der Waals surface area contributed by atoms with Gasteiger partial charge in [-0.2, -0.15) is 0 Å². The number of ether oxygens (including phenoxy) is 1. The molecule has 1 heteroatoms. The van der Waals surface area contributed by atoms with Crippen LogP contribution in [-0.2, 0) is 0 Å². The molecule has 0 N–H and O–H groups in total. The van der Waals surface area contributed by atoms with Crippen molar-refractivity contribution in [1.29, 1.82) is 0 Å². The molecule has 4 aliphatic rings. The van der Waals surface area contributed by atoms with Crippen molar-refractivity contribution in [2.75, 3.05) is 0 Å². The molecule has 1 aromatic carbocycles. The van der Waals surface area contributed by atoms with Crippen LogP contribution >= 0.6 is 0 Å². The summed E-state index contributed by atoms with van der Waals surface area (Å²) in [5.41, 5.74) is 1.29. The number of rotatable bonds is 4. The first-order valence-electron chi connectivity index (χ1n) is 9.65. The summed E-state index contributed by atoms with van der Waals surface area (Å²) in [6.45, 7) is 6.19. The van der Waals surface area contributed by atoms with Gasteiger partial charge in [-0.1, -0.05) is 31.7 Å². The van der Waals surface area contributed by atoms with Crippen molar-refractivity contribution in [3.63, 3.8) is 0 Å². The van der Waals surface area contributed by atoms with Gasteiger partial charge in [0.2, 0.25) is 0 Å². The lowest BCUT2D eigenvalue weighted by Crippen LogP contribution is -2.48. The molecule has 0 aromatic heterocycles. The van der Waals surface area contributed by atoms with E-state index in [0.29, 0.717) is 0 Å². The van der Waals surface area contributed by atoms with Gasteiger partial charge in [-0.3, -0.25) is 0 Å². The Morgan fingerprint density at radius 3 is 2.52 bits per heavy atom. The molecular weight excluding hydrogens is 280 g/mol. The van der Waals surface area contributed by atoms with Crippen molar-refractivity contribution in [3.05, 3.63) is 36.4 Å². The van der Waals surface area contributed by atoms with E-state index in [9.17, 15) is 0 Å². The molecule has 7 unspecified atom stereocenters. The maximum Gasteiger partial charge on any atom is 0.120 e. The van der Waals surface area contributed by atoms with Gasteiger partial charge in [0.1, 0.15) is 11.4 Å². The maximum absolute atomic E-state index is 6.73. The Bertz CT molecular complexity index is 617. The highest BCUT2D eigenvalue weighted by Gasteiger charge is 2.67. The molecule has 4 bridgehead atoms. The lowest BCUT2D eigenvalue weighted by molar-refractivity contribution is -0.0464. The Balaban J connectivity index is 1.43. The molecule has 0 aliphatic heterocycles. The van der Waals surface area contributed by atoms with Gasteiger partial charge in [-0.25, -0.2) is 0 Å². The predicted molar refractivity (Wildman–Crippen MR) is 94.2 cm³/mol. The summed E-state index contributed by atoms with van der Waals surface area (Å²) in [5, 5.41) is 0. The van der Waals surface area contributed by atoms with Gasteiger partial charge >= 0.3 is 0 Å². The van der Waals surface area contributed by atoms with Crippen LogP contribution in [0.2, 0.25) is 0 Å². The minimum Gasteiger partial charge on any atom is -0.487 e. The molecule has 1 nitrogen and oxygen atoms in total. The fourth-order valence-corrected chi connectivity index (χ4v) is 7.20. The summed E-state index contributed by atoms with van der Waals surface area (Å²) >= 11 is 0. The van der Waals surface area contributed by atoms with Crippen LogP contribution in [0.15, 0.2) is 30.8 Å². The molecule has 0 heterocycles. The van der Waals surface area contributed by atoms with Gasteiger partial charge < -0.3 is 4.74 Å². The second kappa shape index (κ2) is 4.88. The fourth-order valence-electron chi connectivity index (χ4n) is 7.20. The predicted octanol–water partition coefficient (Wildman–Crippen LogP) is 5.56. The van der Waals surface area contributed by atoms with Crippen LogP contribution in [0.1, 0.15) is 51.0 Å². The van der Waals surface area contributed by atoms with Crippen LogP contribution in [0.4, 0.5) is 0 Å². The fraction of sp³-hybridized carbons (Fsp3) is 0.636. The Kier molecular flexibility index (Phi) is 3.00. The molecule has 1 aromatic rings. The largest absolute Gasteiger partial charge is 0.487 e.